The lowest BCUT2D eigenvalue weighted by Crippen LogP contribution is -2.13. The first kappa shape index (κ1) is 19.5. The van der Waals surface area contributed by atoms with Crippen LogP contribution in [0.2, 0.25) is 0 Å². The molecule has 0 amide bonds. The van der Waals surface area contributed by atoms with Crippen LogP contribution in [0.5, 0.6) is 11.5 Å². The zero-order chi connectivity index (χ0) is 21.1. The number of nitro benzene ring substituents is 1. The molecule has 0 saturated heterocycles. The van der Waals surface area contributed by atoms with Crippen molar-refractivity contribution in [1.82, 2.24) is 4.68 Å². The summed E-state index contributed by atoms with van der Waals surface area (Å²) >= 11 is 1.27. The molecule has 0 unspecified atom stereocenters. The van der Waals surface area contributed by atoms with Crippen molar-refractivity contribution in [1.29, 1.82) is 0 Å². The fourth-order valence-electron chi connectivity index (χ4n) is 2.84. The van der Waals surface area contributed by atoms with Gasteiger partial charge in [-0.05, 0) is 18.2 Å². The minimum Gasteiger partial charge on any atom is -0.454 e. The lowest BCUT2D eigenvalue weighted by Gasteiger charge is -2.05. The molecule has 1 aromatic heterocycles. The third-order valence-electron chi connectivity index (χ3n) is 4.22. The fraction of sp³-hybridized carbons (Fsp3) is 0.100. The van der Waals surface area contributed by atoms with E-state index in [1.165, 1.54) is 40.4 Å². The lowest BCUT2D eigenvalue weighted by molar-refractivity contribution is -0.385. The SMILES string of the molecule is C=CCN=c1scc(-c2ccccc2F)n1/N=C\c1cc2c(cc1[N+](=O)[O-])OCO2. The van der Waals surface area contributed by atoms with Crippen molar-refractivity contribution in [3.8, 4) is 22.8 Å². The molecule has 152 valence electrons. The standard InChI is InChI=1S/C20H15FN4O4S/c1-2-7-22-20-24(17(11-30-20)14-5-3-4-6-15(14)21)23-10-13-8-18-19(29-12-28-18)9-16(13)25(26)27/h2-6,8-11H,1,7,12H2/b22-20?,23-10-. The summed E-state index contributed by atoms with van der Waals surface area (Å²) in [6.07, 6.45) is 2.95. The van der Waals surface area contributed by atoms with Crippen molar-refractivity contribution < 1.29 is 18.8 Å². The highest BCUT2D eigenvalue weighted by Crippen LogP contribution is 2.37. The number of rotatable bonds is 6. The van der Waals surface area contributed by atoms with E-state index in [2.05, 4.69) is 16.7 Å². The number of fused-ring (bicyclic) bond motifs is 1. The monoisotopic (exact) mass is 426 g/mol. The van der Waals surface area contributed by atoms with E-state index in [0.717, 1.165) is 0 Å². The molecule has 2 aromatic carbocycles. The summed E-state index contributed by atoms with van der Waals surface area (Å²) in [7, 11) is 0. The van der Waals surface area contributed by atoms with Crippen molar-refractivity contribution >= 4 is 23.2 Å². The Bertz CT molecular complexity index is 1230. The lowest BCUT2D eigenvalue weighted by atomic mass is 10.1. The van der Waals surface area contributed by atoms with Crippen LogP contribution < -0.4 is 14.3 Å². The van der Waals surface area contributed by atoms with Gasteiger partial charge in [-0.1, -0.05) is 18.2 Å². The highest BCUT2D eigenvalue weighted by Gasteiger charge is 2.22. The van der Waals surface area contributed by atoms with Gasteiger partial charge in [-0.25, -0.2) is 9.07 Å². The molecule has 1 aliphatic rings. The molecule has 30 heavy (non-hydrogen) atoms. The van der Waals surface area contributed by atoms with Crippen LogP contribution in [0.4, 0.5) is 10.1 Å². The molecule has 8 nitrogen and oxygen atoms in total. The van der Waals surface area contributed by atoms with Crippen LogP contribution in [0, 0.1) is 15.9 Å². The number of nitrogens with zero attached hydrogens (tertiary/aromatic N) is 4. The van der Waals surface area contributed by atoms with Crippen molar-refractivity contribution in [3.05, 3.63) is 80.7 Å². The van der Waals surface area contributed by atoms with E-state index in [9.17, 15) is 14.5 Å². The van der Waals surface area contributed by atoms with Crippen molar-refractivity contribution in [2.75, 3.05) is 13.3 Å². The van der Waals surface area contributed by atoms with Gasteiger partial charge in [-0.3, -0.25) is 15.1 Å². The Labute approximate surface area is 174 Å². The molecular formula is C20H15FN4O4S. The van der Waals surface area contributed by atoms with Crippen LogP contribution in [0.25, 0.3) is 11.3 Å². The molecule has 0 spiro atoms. The first-order valence-corrected chi connectivity index (χ1v) is 9.65. The van der Waals surface area contributed by atoms with E-state index < -0.39 is 10.7 Å². The maximum atomic E-state index is 14.4. The van der Waals surface area contributed by atoms with Gasteiger partial charge in [0.15, 0.2) is 11.5 Å². The van der Waals surface area contributed by atoms with Gasteiger partial charge >= 0.3 is 0 Å². The van der Waals surface area contributed by atoms with Gasteiger partial charge in [0.2, 0.25) is 11.6 Å². The number of hydrogen-bond acceptors (Lipinski definition) is 7. The van der Waals surface area contributed by atoms with Gasteiger partial charge in [0.1, 0.15) is 5.82 Å². The second kappa shape index (κ2) is 8.29. The number of nitro groups is 1. The minimum absolute atomic E-state index is 0.00558. The van der Waals surface area contributed by atoms with E-state index in [-0.39, 0.29) is 18.0 Å². The molecule has 2 heterocycles. The zero-order valence-electron chi connectivity index (χ0n) is 15.5. The Hall–Kier alpha value is -3.79. The van der Waals surface area contributed by atoms with E-state index in [1.54, 1.807) is 29.7 Å². The number of benzene rings is 2. The molecule has 10 heteroatoms. The van der Waals surface area contributed by atoms with Crippen LogP contribution in [0.3, 0.4) is 0 Å². The molecule has 3 aromatic rings. The highest BCUT2D eigenvalue weighted by molar-refractivity contribution is 7.07. The Morgan fingerprint density at radius 3 is 2.80 bits per heavy atom. The molecular weight excluding hydrogens is 411 g/mol. The van der Waals surface area contributed by atoms with Crippen molar-refractivity contribution in [2.45, 2.75) is 0 Å². The normalized spacial score (nSPS) is 13.2. The van der Waals surface area contributed by atoms with Crippen molar-refractivity contribution in [2.24, 2.45) is 10.1 Å². The van der Waals surface area contributed by atoms with Gasteiger partial charge in [0.05, 0.1) is 35.0 Å². The summed E-state index contributed by atoms with van der Waals surface area (Å²) in [6.45, 7) is 3.98. The molecule has 0 bridgehead atoms. The molecule has 0 atom stereocenters. The van der Waals surface area contributed by atoms with Crippen LogP contribution in [0.15, 0.2) is 64.5 Å². The third kappa shape index (κ3) is 3.72. The second-order valence-corrected chi connectivity index (χ2v) is 6.93. The topological polar surface area (TPSA) is 91.2 Å². The van der Waals surface area contributed by atoms with Gasteiger partial charge in [0.25, 0.3) is 5.69 Å². The Kier molecular flexibility index (Phi) is 5.40. The fourth-order valence-corrected chi connectivity index (χ4v) is 3.68. The largest absolute Gasteiger partial charge is 0.454 e. The van der Waals surface area contributed by atoms with E-state index in [0.29, 0.717) is 34.1 Å². The first-order chi connectivity index (χ1) is 14.6. The molecule has 0 fully saturated rings. The number of halogens is 1. The third-order valence-corrected chi connectivity index (χ3v) is 5.08. The highest BCUT2D eigenvalue weighted by atomic mass is 32.1. The first-order valence-electron chi connectivity index (χ1n) is 8.77. The number of hydrogen-bond donors (Lipinski definition) is 0. The smallest absolute Gasteiger partial charge is 0.282 e. The van der Waals surface area contributed by atoms with Gasteiger partial charge in [0, 0.05) is 10.9 Å². The van der Waals surface area contributed by atoms with Crippen LogP contribution in [0.1, 0.15) is 5.56 Å². The maximum Gasteiger partial charge on any atom is 0.282 e. The van der Waals surface area contributed by atoms with E-state index in [4.69, 9.17) is 9.47 Å². The molecule has 0 aliphatic carbocycles. The predicted molar refractivity (Wildman–Crippen MR) is 111 cm³/mol. The van der Waals surface area contributed by atoms with Crippen LogP contribution >= 0.6 is 11.3 Å². The maximum absolute atomic E-state index is 14.4. The zero-order valence-corrected chi connectivity index (χ0v) is 16.3. The van der Waals surface area contributed by atoms with Gasteiger partial charge in [-0.2, -0.15) is 5.10 Å². The number of ether oxygens (including phenoxy) is 2. The van der Waals surface area contributed by atoms with Crippen LogP contribution in [-0.2, 0) is 0 Å². The molecule has 1 aliphatic heterocycles. The average molecular weight is 426 g/mol. The molecule has 0 N–H and O–H groups in total. The summed E-state index contributed by atoms with van der Waals surface area (Å²) in [5.74, 6) is 0.280. The summed E-state index contributed by atoms with van der Waals surface area (Å²) in [5.41, 5.74) is 0.847. The molecule has 0 saturated carbocycles. The summed E-state index contributed by atoms with van der Waals surface area (Å²) < 4.78 is 26.3. The number of aromatic nitrogens is 1. The second-order valence-electron chi connectivity index (χ2n) is 6.09. The Balaban J connectivity index is 1.84. The van der Waals surface area contributed by atoms with Crippen molar-refractivity contribution in [3.63, 3.8) is 0 Å². The summed E-state index contributed by atoms with van der Waals surface area (Å²) in [6, 6.07) is 9.07. The van der Waals surface area contributed by atoms with Crippen LogP contribution in [-0.4, -0.2) is 29.2 Å². The summed E-state index contributed by atoms with van der Waals surface area (Å²) in [5, 5.41) is 17.6. The quantitative estimate of drug-likeness (QED) is 0.258. The van der Waals surface area contributed by atoms with E-state index >= 15 is 0 Å². The molecule has 0 radical (unpaired) electrons. The minimum atomic E-state index is -0.525. The number of thiazole rings is 1. The predicted octanol–water partition coefficient (Wildman–Crippen LogP) is 3.96. The average Bonchev–Trinajstić information content (AvgIpc) is 3.36. The Morgan fingerprint density at radius 2 is 2.07 bits per heavy atom. The molecule has 4 rings (SSSR count). The Morgan fingerprint density at radius 1 is 1.30 bits per heavy atom. The van der Waals surface area contributed by atoms with Gasteiger partial charge < -0.3 is 9.47 Å². The van der Waals surface area contributed by atoms with E-state index in [1.807, 2.05) is 0 Å². The summed E-state index contributed by atoms with van der Waals surface area (Å²) in [4.78, 5) is 15.8. The van der Waals surface area contributed by atoms with Gasteiger partial charge in [-0.15, -0.1) is 17.9 Å².